The maximum absolute atomic E-state index is 12.1. The Morgan fingerprint density at radius 3 is 2.57 bits per heavy atom. The van der Waals surface area contributed by atoms with Crippen molar-refractivity contribution < 1.29 is 9.63 Å². The first kappa shape index (κ1) is 17.4. The molecule has 0 fully saturated rings. The number of hydrogen-bond acceptors (Lipinski definition) is 5. The van der Waals surface area contributed by atoms with Crippen LogP contribution in [0.5, 0.6) is 0 Å². The molecule has 0 bridgehead atoms. The Morgan fingerprint density at radius 2 is 1.91 bits per heavy atom. The van der Waals surface area contributed by atoms with Gasteiger partial charge in [-0.25, -0.2) is 9.97 Å². The molecule has 0 N–H and O–H groups in total. The van der Waals surface area contributed by atoms with E-state index in [1.807, 2.05) is 0 Å². The van der Waals surface area contributed by atoms with E-state index >= 15 is 0 Å². The summed E-state index contributed by atoms with van der Waals surface area (Å²) in [6, 6.07) is 5.19. The Labute approximate surface area is 144 Å². The van der Waals surface area contributed by atoms with Crippen molar-refractivity contribution in [2.45, 2.75) is 19.3 Å². The summed E-state index contributed by atoms with van der Waals surface area (Å²) in [4.78, 5) is 24.7. The Balaban J connectivity index is 2.01. The zero-order valence-electron chi connectivity index (χ0n) is 12.5. The molecular formula is C16H15Cl2N3O2. The number of carbonyl (C=O) groups excluding carboxylic acids is 1. The van der Waals surface area contributed by atoms with Crippen LogP contribution in [0.4, 0.5) is 0 Å². The number of carbonyl (C=O) groups is 1. The molecule has 1 aromatic heterocycles. The van der Waals surface area contributed by atoms with Crippen LogP contribution in [-0.4, -0.2) is 28.6 Å². The molecular weight excluding hydrogens is 337 g/mol. The predicted molar refractivity (Wildman–Crippen MR) is 90.0 cm³/mol. The first-order valence-electron chi connectivity index (χ1n) is 6.91. The molecule has 0 aliphatic heterocycles. The number of nitrogens with zero attached hydrogens (tertiary/aromatic N) is 3. The number of hydrogen-bond donors (Lipinski definition) is 0. The second-order valence-corrected chi connectivity index (χ2v) is 5.63. The van der Waals surface area contributed by atoms with Gasteiger partial charge in [-0.3, -0.25) is 4.79 Å². The van der Waals surface area contributed by atoms with Gasteiger partial charge in [0, 0.05) is 37.2 Å². The van der Waals surface area contributed by atoms with Gasteiger partial charge in [-0.2, -0.15) is 0 Å². The van der Waals surface area contributed by atoms with Crippen molar-refractivity contribution in [2.24, 2.45) is 5.16 Å². The molecule has 0 radical (unpaired) electrons. The van der Waals surface area contributed by atoms with Crippen molar-refractivity contribution in [2.75, 3.05) is 7.11 Å². The minimum atomic E-state index is 0.0728. The Hall–Kier alpha value is -1.98. The number of oxime groups is 1. The number of ketones is 1. The summed E-state index contributed by atoms with van der Waals surface area (Å²) in [7, 11) is 1.46. The average Bonchev–Trinajstić information content (AvgIpc) is 2.55. The number of aromatic nitrogens is 2. The maximum Gasteiger partial charge on any atom is 0.137 e. The highest BCUT2D eigenvalue weighted by Gasteiger charge is 2.11. The van der Waals surface area contributed by atoms with Crippen LogP contribution in [0, 0.1) is 0 Å². The topological polar surface area (TPSA) is 64.4 Å². The molecule has 1 aromatic carbocycles. The molecule has 5 nitrogen and oxygen atoms in total. The number of Topliss-reactive ketones (excluding diaryl/α,β-unsaturated/α-hetero) is 1. The van der Waals surface area contributed by atoms with Gasteiger partial charge in [0.1, 0.15) is 19.2 Å². The Bertz CT molecular complexity index is 706. The van der Waals surface area contributed by atoms with E-state index in [0.29, 0.717) is 35.0 Å². The van der Waals surface area contributed by atoms with Gasteiger partial charge >= 0.3 is 0 Å². The van der Waals surface area contributed by atoms with Crippen molar-refractivity contribution in [3.63, 3.8) is 0 Å². The summed E-state index contributed by atoms with van der Waals surface area (Å²) in [5.74, 6) is 0.0728. The SMILES string of the molecule is CON=C(CCC(=O)Cc1cncnc1)c1ccc(Cl)c(Cl)c1. The minimum absolute atomic E-state index is 0.0728. The van der Waals surface area contributed by atoms with Gasteiger partial charge in [-0.1, -0.05) is 34.4 Å². The summed E-state index contributed by atoms with van der Waals surface area (Å²) in [6.45, 7) is 0. The average molecular weight is 352 g/mol. The van der Waals surface area contributed by atoms with Gasteiger partial charge < -0.3 is 4.84 Å². The van der Waals surface area contributed by atoms with E-state index < -0.39 is 0 Å². The molecule has 0 saturated heterocycles. The molecule has 0 saturated carbocycles. The first-order valence-corrected chi connectivity index (χ1v) is 7.66. The molecule has 0 unspecified atom stereocenters. The smallest absolute Gasteiger partial charge is 0.137 e. The monoisotopic (exact) mass is 351 g/mol. The maximum atomic E-state index is 12.1. The van der Waals surface area contributed by atoms with Crippen LogP contribution in [0.2, 0.25) is 10.0 Å². The lowest BCUT2D eigenvalue weighted by Gasteiger charge is -2.07. The quantitative estimate of drug-likeness (QED) is 0.563. The second-order valence-electron chi connectivity index (χ2n) is 4.81. The zero-order valence-corrected chi connectivity index (χ0v) is 14.0. The third-order valence-electron chi connectivity index (χ3n) is 3.11. The van der Waals surface area contributed by atoms with Crippen LogP contribution in [0.15, 0.2) is 42.1 Å². The van der Waals surface area contributed by atoms with Gasteiger partial charge in [-0.15, -0.1) is 0 Å². The van der Waals surface area contributed by atoms with Crippen LogP contribution < -0.4 is 0 Å². The fourth-order valence-electron chi connectivity index (χ4n) is 2.02. The van der Waals surface area contributed by atoms with E-state index in [1.165, 1.54) is 13.4 Å². The summed E-state index contributed by atoms with van der Waals surface area (Å²) < 4.78 is 0. The van der Waals surface area contributed by atoms with E-state index in [0.717, 1.165) is 11.1 Å². The molecule has 2 aromatic rings. The van der Waals surface area contributed by atoms with Crippen molar-refractivity contribution in [3.8, 4) is 0 Å². The van der Waals surface area contributed by atoms with Crippen LogP contribution in [0.25, 0.3) is 0 Å². The van der Waals surface area contributed by atoms with Gasteiger partial charge in [0.2, 0.25) is 0 Å². The number of halogens is 2. The summed E-state index contributed by atoms with van der Waals surface area (Å²) in [5.41, 5.74) is 2.21. The molecule has 7 heteroatoms. The molecule has 23 heavy (non-hydrogen) atoms. The van der Waals surface area contributed by atoms with Crippen LogP contribution in [-0.2, 0) is 16.1 Å². The fraction of sp³-hybridized carbons (Fsp3) is 0.250. The molecule has 0 spiro atoms. The third-order valence-corrected chi connectivity index (χ3v) is 3.85. The standard InChI is InChI=1S/C16H15Cl2N3O2/c1-23-21-16(12-2-4-14(17)15(18)7-12)5-3-13(22)6-11-8-19-10-20-9-11/h2,4,7-10H,3,5-6H2,1H3. The molecule has 120 valence electrons. The highest BCUT2D eigenvalue weighted by atomic mass is 35.5. The normalized spacial score (nSPS) is 11.3. The van der Waals surface area contributed by atoms with E-state index in [2.05, 4.69) is 15.1 Å². The number of rotatable bonds is 7. The lowest BCUT2D eigenvalue weighted by molar-refractivity contribution is -0.118. The molecule has 0 aliphatic carbocycles. The van der Waals surface area contributed by atoms with Gasteiger partial charge in [0.05, 0.1) is 15.8 Å². The number of benzene rings is 1. The molecule has 0 atom stereocenters. The molecule has 0 aliphatic rings. The van der Waals surface area contributed by atoms with E-state index in [9.17, 15) is 4.79 Å². The first-order chi connectivity index (χ1) is 11.1. The largest absolute Gasteiger partial charge is 0.399 e. The van der Waals surface area contributed by atoms with Gasteiger partial charge in [0.25, 0.3) is 0 Å². The molecule has 2 rings (SSSR count). The van der Waals surface area contributed by atoms with E-state index in [-0.39, 0.29) is 5.78 Å². The van der Waals surface area contributed by atoms with E-state index in [1.54, 1.807) is 30.6 Å². The minimum Gasteiger partial charge on any atom is -0.399 e. The summed E-state index contributed by atoms with van der Waals surface area (Å²) in [6.07, 6.45) is 5.77. The Kier molecular flexibility index (Phi) is 6.50. The summed E-state index contributed by atoms with van der Waals surface area (Å²) >= 11 is 11.9. The third kappa shape index (κ3) is 5.30. The lowest BCUT2D eigenvalue weighted by Crippen LogP contribution is -2.09. The zero-order chi connectivity index (χ0) is 16.7. The fourth-order valence-corrected chi connectivity index (χ4v) is 2.32. The van der Waals surface area contributed by atoms with Crippen molar-refractivity contribution >= 4 is 34.7 Å². The van der Waals surface area contributed by atoms with E-state index in [4.69, 9.17) is 28.0 Å². The predicted octanol–water partition coefficient (Wildman–Crippen LogP) is 3.73. The highest BCUT2D eigenvalue weighted by Crippen LogP contribution is 2.23. The van der Waals surface area contributed by atoms with Crippen LogP contribution in [0.1, 0.15) is 24.0 Å². The van der Waals surface area contributed by atoms with Gasteiger partial charge in [0.15, 0.2) is 0 Å². The van der Waals surface area contributed by atoms with Crippen molar-refractivity contribution in [1.82, 2.24) is 9.97 Å². The van der Waals surface area contributed by atoms with Crippen LogP contribution >= 0.6 is 23.2 Å². The van der Waals surface area contributed by atoms with Gasteiger partial charge in [-0.05, 0) is 17.7 Å². The van der Waals surface area contributed by atoms with Crippen molar-refractivity contribution in [1.29, 1.82) is 0 Å². The highest BCUT2D eigenvalue weighted by molar-refractivity contribution is 6.42. The molecule has 1 heterocycles. The second kappa shape index (κ2) is 8.60. The van der Waals surface area contributed by atoms with Crippen molar-refractivity contribution in [3.05, 3.63) is 58.1 Å². The molecule has 0 amide bonds. The lowest BCUT2D eigenvalue weighted by atomic mass is 10.0. The Morgan fingerprint density at radius 1 is 1.17 bits per heavy atom. The van der Waals surface area contributed by atoms with Crippen LogP contribution in [0.3, 0.4) is 0 Å². The summed E-state index contributed by atoms with van der Waals surface area (Å²) in [5, 5.41) is 4.88.